The van der Waals surface area contributed by atoms with E-state index in [0.29, 0.717) is 0 Å². The van der Waals surface area contributed by atoms with Crippen molar-refractivity contribution in [2.24, 2.45) is 0 Å². The van der Waals surface area contributed by atoms with Crippen molar-refractivity contribution >= 4 is 42.2 Å². The maximum absolute atomic E-state index is 5.25. The van der Waals surface area contributed by atoms with Gasteiger partial charge in [-0.15, -0.1) is 12.6 Å². The van der Waals surface area contributed by atoms with Gasteiger partial charge in [0.1, 0.15) is 0 Å². The third-order valence-corrected chi connectivity index (χ3v) is 2.17. The fourth-order valence-electron chi connectivity index (χ4n) is 1.19. The Labute approximate surface area is 93.8 Å². The molecule has 1 aliphatic rings. The number of ether oxygens (including phenoxy) is 1. The summed E-state index contributed by atoms with van der Waals surface area (Å²) in [4.78, 5) is 1.05. The van der Waals surface area contributed by atoms with Crippen LogP contribution in [0, 0.1) is 0 Å². The van der Waals surface area contributed by atoms with Gasteiger partial charge in [0.25, 0.3) is 0 Å². The number of benzene rings is 1. The van der Waals surface area contributed by atoms with Gasteiger partial charge in [0, 0.05) is 34.5 Å². The number of fused-ring (bicyclic) bond motifs is 1. The zero-order chi connectivity index (χ0) is 6.97. The SMILES string of the molecule is Sc1cccc2c1COC2.[Na]. The van der Waals surface area contributed by atoms with Crippen molar-refractivity contribution in [3.63, 3.8) is 0 Å². The van der Waals surface area contributed by atoms with Crippen molar-refractivity contribution in [1.29, 1.82) is 0 Å². The first kappa shape index (κ1) is 9.62. The Morgan fingerprint density at radius 3 is 2.82 bits per heavy atom. The Balaban J connectivity index is 0.000000605. The quantitative estimate of drug-likeness (QED) is 0.465. The van der Waals surface area contributed by atoms with E-state index in [9.17, 15) is 0 Å². The molecule has 2 rings (SSSR count). The van der Waals surface area contributed by atoms with Gasteiger partial charge in [-0.3, -0.25) is 0 Å². The molecule has 0 aromatic heterocycles. The molecule has 1 aromatic rings. The monoisotopic (exact) mass is 175 g/mol. The average molecular weight is 175 g/mol. The summed E-state index contributed by atoms with van der Waals surface area (Å²) in [6.07, 6.45) is 0. The van der Waals surface area contributed by atoms with Crippen molar-refractivity contribution in [2.75, 3.05) is 0 Å². The van der Waals surface area contributed by atoms with Crippen molar-refractivity contribution < 1.29 is 4.74 Å². The molecule has 53 valence electrons. The van der Waals surface area contributed by atoms with E-state index in [4.69, 9.17) is 4.74 Å². The van der Waals surface area contributed by atoms with Gasteiger partial charge in [0.2, 0.25) is 0 Å². The predicted octanol–water partition coefficient (Wildman–Crippen LogP) is 1.62. The first-order chi connectivity index (χ1) is 4.88. The van der Waals surface area contributed by atoms with E-state index >= 15 is 0 Å². The van der Waals surface area contributed by atoms with Crippen molar-refractivity contribution in [3.05, 3.63) is 29.3 Å². The Bertz CT molecular complexity index is 262. The summed E-state index contributed by atoms with van der Waals surface area (Å²) in [5.74, 6) is 0. The molecule has 0 amide bonds. The molecular formula is C8H8NaOS. The first-order valence-corrected chi connectivity index (χ1v) is 3.70. The maximum Gasteiger partial charge on any atom is 0.0735 e. The fourth-order valence-corrected chi connectivity index (χ4v) is 1.48. The summed E-state index contributed by atoms with van der Waals surface area (Å²) in [6.45, 7) is 1.48. The minimum atomic E-state index is 0. The van der Waals surface area contributed by atoms with Crippen LogP contribution in [0.4, 0.5) is 0 Å². The van der Waals surface area contributed by atoms with Gasteiger partial charge >= 0.3 is 0 Å². The van der Waals surface area contributed by atoms with Crippen LogP contribution in [0.25, 0.3) is 0 Å². The number of rotatable bonds is 0. The molecule has 1 nitrogen and oxygen atoms in total. The number of hydrogen-bond acceptors (Lipinski definition) is 2. The smallest absolute Gasteiger partial charge is 0.0735 e. The zero-order valence-corrected chi connectivity index (χ0v) is 9.40. The standard InChI is InChI=1S/C8H8OS.Na/c10-8-3-1-2-6-4-9-5-7(6)8;/h1-3,10H,4-5H2;. The molecular weight excluding hydrogens is 167 g/mol. The van der Waals surface area contributed by atoms with Crippen LogP contribution in [0.5, 0.6) is 0 Å². The molecule has 1 radical (unpaired) electrons. The number of thiol groups is 1. The van der Waals surface area contributed by atoms with Crippen molar-refractivity contribution in [3.8, 4) is 0 Å². The molecule has 0 saturated heterocycles. The molecule has 0 N–H and O–H groups in total. The van der Waals surface area contributed by atoms with Gasteiger partial charge < -0.3 is 4.74 Å². The molecule has 3 heteroatoms. The molecule has 0 fully saturated rings. The van der Waals surface area contributed by atoms with Gasteiger partial charge in [-0.25, -0.2) is 0 Å². The van der Waals surface area contributed by atoms with Crippen LogP contribution in [-0.2, 0) is 18.0 Å². The molecule has 0 atom stereocenters. The summed E-state index contributed by atoms with van der Waals surface area (Å²) >= 11 is 4.31. The Morgan fingerprint density at radius 2 is 2.09 bits per heavy atom. The molecule has 0 spiro atoms. The topological polar surface area (TPSA) is 9.23 Å². The molecule has 11 heavy (non-hydrogen) atoms. The van der Waals surface area contributed by atoms with Crippen LogP contribution in [0.15, 0.2) is 23.1 Å². The molecule has 0 aliphatic carbocycles. The van der Waals surface area contributed by atoms with Gasteiger partial charge in [0.05, 0.1) is 13.2 Å². The summed E-state index contributed by atoms with van der Waals surface area (Å²) in [6, 6.07) is 6.09. The largest absolute Gasteiger partial charge is 0.372 e. The summed E-state index contributed by atoms with van der Waals surface area (Å²) in [7, 11) is 0. The summed E-state index contributed by atoms with van der Waals surface area (Å²) in [5.41, 5.74) is 2.54. The fraction of sp³-hybridized carbons (Fsp3) is 0.250. The van der Waals surface area contributed by atoms with Crippen molar-refractivity contribution in [1.82, 2.24) is 0 Å². The van der Waals surface area contributed by atoms with Crippen LogP contribution >= 0.6 is 12.6 Å². The second-order valence-electron chi connectivity index (χ2n) is 2.41. The van der Waals surface area contributed by atoms with Crippen LogP contribution in [0.1, 0.15) is 11.1 Å². The Morgan fingerprint density at radius 1 is 1.27 bits per heavy atom. The van der Waals surface area contributed by atoms with E-state index in [0.717, 1.165) is 18.1 Å². The molecule has 1 aromatic carbocycles. The molecule has 0 saturated carbocycles. The summed E-state index contributed by atoms with van der Waals surface area (Å²) < 4.78 is 5.25. The second kappa shape index (κ2) is 3.97. The number of hydrogen-bond donors (Lipinski definition) is 1. The average Bonchev–Trinajstić information content (AvgIpc) is 2.36. The third kappa shape index (κ3) is 1.82. The molecule has 1 heterocycles. The third-order valence-electron chi connectivity index (χ3n) is 1.75. The maximum atomic E-state index is 5.25. The van der Waals surface area contributed by atoms with E-state index in [1.54, 1.807) is 0 Å². The minimum absolute atomic E-state index is 0. The predicted molar refractivity (Wildman–Crippen MR) is 47.9 cm³/mol. The van der Waals surface area contributed by atoms with Crippen LogP contribution in [-0.4, -0.2) is 29.6 Å². The van der Waals surface area contributed by atoms with E-state index in [-0.39, 0.29) is 29.6 Å². The van der Waals surface area contributed by atoms with Crippen molar-refractivity contribution in [2.45, 2.75) is 18.1 Å². The van der Waals surface area contributed by atoms with E-state index in [1.807, 2.05) is 12.1 Å². The van der Waals surface area contributed by atoms with E-state index in [1.165, 1.54) is 11.1 Å². The summed E-state index contributed by atoms with van der Waals surface area (Å²) in [5, 5.41) is 0. The van der Waals surface area contributed by atoms with Crippen LogP contribution in [0.3, 0.4) is 0 Å². The van der Waals surface area contributed by atoms with Crippen LogP contribution < -0.4 is 0 Å². The molecule has 1 aliphatic heterocycles. The normalized spacial score (nSPS) is 13.9. The van der Waals surface area contributed by atoms with E-state index in [2.05, 4.69) is 18.7 Å². The molecule has 0 bridgehead atoms. The zero-order valence-electron chi connectivity index (χ0n) is 6.50. The Kier molecular flexibility index (Phi) is 3.47. The Hall–Kier alpha value is 0.530. The first-order valence-electron chi connectivity index (χ1n) is 3.25. The van der Waals surface area contributed by atoms with Gasteiger partial charge in [-0.2, -0.15) is 0 Å². The molecule has 0 unspecified atom stereocenters. The minimum Gasteiger partial charge on any atom is -0.372 e. The van der Waals surface area contributed by atoms with Crippen LogP contribution in [0.2, 0.25) is 0 Å². The second-order valence-corrected chi connectivity index (χ2v) is 2.89. The van der Waals surface area contributed by atoms with E-state index < -0.39 is 0 Å². The van der Waals surface area contributed by atoms with Gasteiger partial charge in [0.15, 0.2) is 0 Å². The van der Waals surface area contributed by atoms with Gasteiger partial charge in [-0.05, 0) is 17.2 Å². The van der Waals surface area contributed by atoms with Gasteiger partial charge in [-0.1, -0.05) is 12.1 Å².